The van der Waals surface area contributed by atoms with E-state index in [1.165, 1.54) is 5.56 Å². The molecule has 18 heavy (non-hydrogen) atoms. The van der Waals surface area contributed by atoms with Crippen LogP contribution in [0.15, 0.2) is 42.5 Å². The molecule has 1 unspecified atom stereocenters. The highest BCUT2D eigenvalue weighted by Crippen LogP contribution is 2.17. The van der Waals surface area contributed by atoms with Crippen molar-refractivity contribution in [3.63, 3.8) is 0 Å². The lowest BCUT2D eigenvalue weighted by atomic mass is 9.93. The molecule has 0 fully saturated rings. The van der Waals surface area contributed by atoms with E-state index in [0.717, 1.165) is 18.4 Å². The van der Waals surface area contributed by atoms with Gasteiger partial charge in [0.05, 0.1) is 0 Å². The summed E-state index contributed by atoms with van der Waals surface area (Å²) < 4.78 is 0. The Hall–Kier alpha value is -1.70. The second-order valence-electron chi connectivity index (χ2n) is 4.63. The first-order chi connectivity index (χ1) is 8.58. The van der Waals surface area contributed by atoms with Gasteiger partial charge in [-0.1, -0.05) is 49.4 Å². The van der Waals surface area contributed by atoms with Gasteiger partial charge in [-0.25, -0.2) is 0 Å². The third kappa shape index (κ3) is 7.55. The minimum Gasteiger partial charge on any atom is -0.307 e. The van der Waals surface area contributed by atoms with Crippen LogP contribution in [0.4, 0.5) is 0 Å². The molecule has 1 atom stereocenters. The summed E-state index contributed by atoms with van der Waals surface area (Å²) >= 11 is 0. The molecule has 2 nitrogen and oxygen atoms in total. The minimum absolute atomic E-state index is 0. The summed E-state index contributed by atoms with van der Waals surface area (Å²) in [4.78, 5) is 18.9. The van der Waals surface area contributed by atoms with Gasteiger partial charge in [-0.2, -0.15) is 0 Å². The van der Waals surface area contributed by atoms with E-state index in [1.54, 1.807) is 6.92 Å². The SMILES string of the molecule is C=C(CC(C)=O)CC(C)Cc1ccccc1.C=O.[HH]. The Labute approximate surface area is 111 Å². The Morgan fingerprint density at radius 2 is 1.83 bits per heavy atom. The van der Waals surface area contributed by atoms with Gasteiger partial charge < -0.3 is 4.79 Å². The lowest BCUT2D eigenvalue weighted by Gasteiger charge is -2.12. The number of Topliss-reactive ketones (excluding diaryl/α,β-unsaturated/α-hetero) is 1. The third-order valence-corrected chi connectivity index (χ3v) is 2.56. The predicted molar refractivity (Wildman–Crippen MR) is 77.6 cm³/mol. The van der Waals surface area contributed by atoms with Crippen molar-refractivity contribution in [1.82, 2.24) is 0 Å². The second-order valence-corrected chi connectivity index (χ2v) is 4.63. The Morgan fingerprint density at radius 3 is 2.33 bits per heavy atom. The molecule has 0 saturated carbocycles. The maximum absolute atomic E-state index is 10.9. The van der Waals surface area contributed by atoms with Crippen LogP contribution in [0.1, 0.15) is 33.7 Å². The molecule has 1 aromatic rings. The predicted octanol–water partition coefficient (Wildman–Crippen LogP) is 3.85. The zero-order chi connectivity index (χ0) is 14.0. The molecule has 0 aliphatic rings. The summed E-state index contributed by atoms with van der Waals surface area (Å²) in [6.45, 7) is 9.78. The monoisotopic (exact) mass is 248 g/mol. The highest BCUT2D eigenvalue weighted by atomic mass is 16.1. The molecule has 1 aromatic carbocycles. The van der Waals surface area contributed by atoms with Crippen LogP contribution in [0.25, 0.3) is 0 Å². The molecule has 0 aliphatic carbocycles. The summed E-state index contributed by atoms with van der Waals surface area (Å²) in [5.41, 5.74) is 2.40. The van der Waals surface area contributed by atoms with E-state index in [-0.39, 0.29) is 7.21 Å². The fourth-order valence-electron chi connectivity index (χ4n) is 2.01. The molecule has 0 spiro atoms. The van der Waals surface area contributed by atoms with Crippen LogP contribution in [0.5, 0.6) is 0 Å². The Morgan fingerprint density at radius 1 is 1.28 bits per heavy atom. The average molecular weight is 248 g/mol. The topological polar surface area (TPSA) is 34.1 Å². The van der Waals surface area contributed by atoms with Gasteiger partial charge in [0.15, 0.2) is 0 Å². The zero-order valence-corrected chi connectivity index (χ0v) is 11.3. The number of hydrogen-bond donors (Lipinski definition) is 0. The number of ketones is 1. The molecule has 2 heteroatoms. The van der Waals surface area contributed by atoms with Gasteiger partial charge in [0.25, 0.3) is 0 Å². The van der Waals surface area contributed by atoms with Crippen LogP contribution in [-0.2, 0) is 16.0 Å². The molecule has 0 N–H and O–H groups in total. The summed E-state index contributed by atoms with van der Waals surface area (Å²) in [5.74, 6) is 0.756. The number of rotatable bonds is 6. The van der Waals surface area contributed by atoms with E-state index >= 15 is 0 Å². The number of benzene rings is 1. The van der Waals surface area contributed by atoms with Crippen molar-refractivity contribution in [1.29, 1.82) is 0 Å². The quantitative estimate of drug-likeness (QED) is 0.716. The summed E-state index contributed by atoms with van der Waals surface area (Å²) in [6.07, 6.45) is 2.52. The van der Waals surface area contributed by atoms with Crippen LogP contribution in [0.2, 0.25) is 0 Å². The van der Waals surface area contributed by atoms with Gasteiger partial charge in [0.1, 0.15) is 12.6 Å². The highest BCUT2D eigenvalue weighted by Gasteiger charge is 2.07. The summed E-state index contributed by atoms with van der Waals surface area (Å²) in [5, 5.41) is 0. The number of allylic oxidation sites excluding steroid dienone is 1. The molecular weight excluding hydrogens is 224 g/mol. The van der Waals surface area contributed by atoms with E-state index in [2.05, 4.69) is 37.8 Å². The van der Waals surface area contributed by atoms with Crippen LogP contribution in [0, 0.1) is 5.92 Å². The van der Waals surface area contributed by atoms with Crippen molar-refractivity contribution in [3.8, 4) is 0 Å². The Bertz CT molecular complexity index is 374. The normalized spacial score (nSPS) is 11.0. The van der Waals surface area contributed by atoms with Crippen molar-refractivity contribution in [2.45, 2.75) is 33.1 Å². The molecule has 0 aliphatic heterocycles. The standard InChI is InChI=1S/C15H20O.CH2O.H2/c1-12(10-14(3)16)9-13(2)11-15-7-5-4-6-8-15;1-2;/h4-8,13H,1,9-11H2,2-3H3;1H2;1H. The first-order valence-electron chi connectivity index (χ1n) is 6.07. The van der Waals surface area contributed by atoms with Crippen molar-refractivity contribution in [3.05, 3.63) is 48.0 Å². The molecule has 0 bridgehead atoms. The Balaban J connectivity index is 0. The zero-order valence-electron chi connectivity index (χ0n) is 11.3. The van der Waals surface area contributed by atoms with E-state index in [0.29, 0.717) is 12.3 Å². The van der Waals surface area contributed by atoms with E-state index in [1.807, 2.05) is 12.9 Å². The van der Waals surface area contributed by atoms with Crippen molar-refractivity contribution in [2.75, 3.05) is 0 Å². The number of carbonyl (C=O) groups is 2. The van der Waals surface area contributed by atoms with Crippen LogP contribution in [0.3, 0.4) is 0 Å². The molecule has 0 aromatic heterocycles. The van der Waals surface area contributed by atoms with Gasteiger partial charge in [0, 0.05) is 7.85 Å². The Kier molecular flexibility index (Phi) is 8.46. The summed E-state index contributed by atoms with van der Waals surface area (Å²) in [7, 11) is 0. The van der Waals surface area contributed by atoms with Crippen molar-refractivity contribution < 1.29 is 11.0 Å². The first-order valence-corrected chi connectivity index (χ1v) is 6.07. The maximum atomic E-state index is 10.9. The first kappa shape index (κ1) is 16.3. The lowest BCUT2D eigenvalue weighted by molar-refractivity contribution is -0.116. The van der Waals surface area contributed by atoms with Crippen LogP contribution >= 0.6 is 0 Å². The van der Waals surface area contributed by atoms with E-state index < -0.39 is 0 Å². The number of carbonyl (C=O) groups excluding carboxylic acids is 2. The fourth-order valence-corrected chi connectivity index (χ4v) is 2.01. The van der Waals surface area contributed by atoms with Gasteiger partial charge in [-0.3, -0.25) is 4.79 Å². The van der Waals surface area contributed by atoms with E-state index in [4.69, 9.17) is 4.79 Å². The minimum atomic E-state index is 0. The summed E-state index contributed by atoms with van der Waals surface area (Å²) in [6, 6.07) is 10.4. The fraction of sp³-hybridized carbons (Fsp3) is 0.375. The highest BCUT2D eigenvalue weighted by molar-refractivity contribution is 5.77. The molecule has 0 heterocycles. The molecule has 1 rings (SSSR count). The van der Waals surface area contributed by atoms with Crippen molar-refractivity contribution >= 4 is 12.6 Å². The lowest BCUT2D eigenvalue weighted by Crippen LogP contribution is -2.03. The van der Waals surface area contributed by atoms with Gasteiger partial charge in [0.2, 0.25) is 0 Å². The largest absolute Gasteiger partial charge is 0.307 e. The molecule has 0 amide bonds. The smallest absolute Gasteiger partial charge is 0.133 e. The van der Waals surface area contributed by atoms with Crippen molar-refractivity contribution in [2.24, 2.45) is 5.92 Å². The van der Waals surface area contributed by atoms with E-state index in [9.17, 15) is 4.79 Å². The van der Waals surface area contributed by atoms with Crippen LogP contribution in [-0.4, -0.2) is 12.6 Å². The van der Waals surface area contributed by atoms with Crippen LogP contribution < -0.4 is 0 Å². The second kappa shape index (κ2) is 9.34. The van der Waals surface area contributed by atoms with Gasteiger partial charge >= 0.3 is 0 Å². The number of hydrogen-bond acceptors (Lipinski definition) is 2. The molecule has 0 radical (unpaired) electrons. The maximum Gasteiger partial charge on any atom is 0.133 e. The van der Waals surface area contributed by atoms with Gasteiger partial charge in [-0.05, 0) is 31.2 Å². The molecule has 100 valence electrons. The third-order valence-electron chi connectivity index (χ3n) is 2.56. The van der Waals surface area contributed by atoms with Gasteiger partial charge in [-0.15, -0.1) is 0 Å². The molecule has 0 saturated heterocycles. The average Bonchev–Trinajstić information content (AvgIpc) is 2.31. The molecular formula is C16H24O2.